The maximum atomic E-state index is 9.56. The Kier molecular flexibility index (Phi) is 4.22. The zero-order valence-electron chi connectivity index (χ0n) is 10.7. The lowest BCUT2D eigenvalue weighted by Gasteiger charge is -2.38. The molecular formula is C13H26N2O. The molecule has 94 valence electrons. The Hall–Kier alpha value is -0.120. The van der Waals surface area contributed by atoms with Gasteiger partial charge < -0.3 is 10.0 Å². The molecule has 2 rings (SSSR count). The van der Waals surface area contributed by atoms with Crippen LogP contribution < -0.4 is 0 Å². The van der Waals surface area contributed by atoms with Crippen molar-refractivity contribution in [3.8, 4) is 0 Å². The van der Waals surface area contributed by atoms with Gasteiger partial charge in [0.25, 0.3) is 0 Å². The smallest absolute Gasteiger partial charge is 0.0555 e. The summed E-state index contributed by atoms with van der Waals surface area (Å²) in [5.74, 6) is 0.778. The second-order valence-corrected chi connectivity index (χ2v) is 5.85. The fraction of sp³-hybridized carbons (Fsp3) is 1.00. The third kappa shape index (κ3) is 3.19. The summed E-state index contributed by atoms with van der Waals surface area (Å²) < 4.78 is 0. The van der Waals surface area contributed by atoms with E-state index in [1.807, 2.05) is 0 Å². The normalized spacial score (nSPS) is 33.8. The van der Waals surface area contributed by atoms with Gasteiger partial charge in [-0.1, -0.05) is 13.8 Å². The fourth-order valence-corrected chi connectivity index (χ4v) is 3.09. The number of nitrogens with zero attached hydrogens (tertiary/aromatic N) is 2. The van der Waals surface area contributed by atoms with Crippen LogP contribution in [-0.4, -0.2) is 59.8 Å². The Labute approximate surface area is 99.4 Å². The minimum absolute atomic E-state index is 0.0290. The molecule has 0 aromatic rings. The van der Waals surface area contributed by atoms with Crippen molar-refractivity contribution in [1.82, 2.24) is 9.80 Å². The lowest BCUT2D eigenvalue weighted by molar-refractivity contribution is 0.0831. The highest BCUT2D eigenvalue weighted by Gasteiger charge is 2.30. The zero-order chi connectivity index (χ0) is 11.5. The van der Waals surface area contributed by atoms with E-state index in [0.717, 1.165) is 18.8 Å². The Morgan fingerprint density at radius 1 is 1.12 bits per heavy atom. The summed E-state index contributed by atoms with van der Waals surface area (Å²) in [4.78, 5) is 5.17. The van der Waals surface area contributed by atoms with Gasteiger partial charge in [0.1, 0.15) is 0 Å². The van der Waals surface area contributed by atoms with Gasteiger partial charge in [-0.05, 0) is 25.2 Å². The third-order valence-corrected chi connectivity index (χ3v) is 3.92. The molecule has 0 aromatic carbocycles. The van der Waals surface area contributed by atoms with Crippen molar-refractivity contribution in [3.63, 3.8) is 0 Å². The van der Waals surface area contributed by atoms with E-state index in [1.165, 1.54) is 39.1 Å². The molecule has 0 amide bonds. The Bertz CT molecular complexity index is 212. The fourth-order valence-electron chi connectivity index (χ4n) is 3.09. The highest BCUT2D eigenvalue weighted by molar-refractivity contribution is 4.85. The maximum absolute atomic E-state index is 9.56. The molecule has 1 saturated carbocycles. The quantitative estimate of drug-likeness (QED) is 0.782. The minimum Gasteiger partial charge on any atom is -0.393 e. The van der Waals surface area contributed by atoms with Gasteiger partial charge in [0.2, 0.25) is 0 Å². The molecule has 16 heavy (non-hydrogen) atoms. The standard InChI is InChI=1S/C13H26N2O/c1-11(2)10-14-5-7-15(8-6-14)12-3-4-13(16)9-12/h11-13,16H,3-10H2,1-2H3. The second kappa shape index (κ2) is 5.48. The molecule has 2 fully saturated rings. The summed E-state index contributed by atoms with van der Waals surface area (Å²) in [7, 11) is 0. The van der Waals surface area contributed by atoms with E-state index in [-0.39, 0.29) is 6.10 Å². The molecule has 3 heteroatoms. The van der Waals surface area contributed by atoms with Crippen LogP contribution in [0.3, 0.4) is 0 Å². The van der Waals surface area contributed by atoms with Gasteiger partial charge in [0.05, 0.1) is 6.10 Å². The molecule has 1 saturated heterocycles. The van der Waals surface area contributed by atoms with Crippen LogP contribution in [0.1, 0.15) is 33.1 Å². The molecule has 1 aliphatic carbocycles. The van der Waals surface area contributed by atoms with Gasteiger partial charge in [0, 0.05) is 38.8 Å². The molecule has 2 atom stereocenters. The number of hydrogen-bond acceptors (Lipinski definition) is 3. The number of hydrogen-bond donors (Lipinski definition) is 1. The third-order valence-electron chi connectivity index (χ3n) is 3.92. The topological polar surface area (TPSA) is 26.7 Å². The molecule has 0 bridgehead atoms. The average Bonchev–Trinajstić information content (AvgIpc) is 2.65. The predicted molar refractivity (Wildman–Crippen MR) is 66.5 cm³/mol. The van der Waals surface area contributed by atoms with Gasteiger partial charge in [-0.25, -0.2) is 0 Å². The molecule has 1 heterocycles. The number of aliphatic hydroxyl groups excluding tert-OH is 1. The monoisotopic (exact) mass is 226 g/mol. The van der Waals surface area contributed by atoms with E-state index < -0.39 is 0 Å². The highest BCUT2D eigenvalue weighted by atomic mass is 16.3. The lowest BCUT2D eigenvalue weighted by atomic mass is 10.1. The minimum atomic E-state index is -0.0290. The summed E-state index contributed by atoms with van der Waals surface area (Å²) in [6.45, 7) is 10.6. The van der Waals surface area contributed by atoms with Gasteiger partial charge in [-0.2, -0.15) is 0 Å². The van der Waals surface area contributed by atoms with Crippen LogP contribution in [0.5, 0.6) is 0 Å². The second-order valence-electron chi connectivity index (χ2n) is 5.85. The van der Waals surface area contributed by atoms with E-state index in [9.17, 15) is 5.11 Å². The summed E-state index contributed by atoms with van der Waals surface area (Å²) >= 11 is 0. The van der Waals surface area contributed by atoms with Crippen molar-refractivity contribution >= 4 is 0 Å². The highest BCUT2D eigenvalue weighted by Crippen LogP contribution is 2.24. The van der Waals surface area contributed by atoms with Crippen molar-refractivity contribution in [2.45, 2.75) is 45.3 Å². The molecule has 3 nitrogen and oxygen atoms in total. The van der Waals surface area contributed by atoms with Crippen molar-refractivity contribution in [1.29, 1.82) is 0 Å². The van der Waals surface area contributed by atoms with Crippen LogP contribution in [0.4, 0.5) is 0 Å². The van der Waals surface area contributed by atoms with Crippen molar-refractivity contribution in [2.75, 3.05) is 32.7 Å². The van der Waals surface area contributed by atoms with E-state index in [2.05, 4.69) is 23.6 Å². The Balaban J connectivity index is 1.72. The lowest BCUT2D eigenvalue weighted by Crippen LogP contribution is -2.50. The van der Waals surface area contributed by atoms with Crippen molar-refractivity contribution in [3.05, 3.63) is 0 Å². The van der Waals surface area contributed by atoms with E-state index in [0.29, 0.717) is 6.04 Å². The van der Waals surface area contributed by atoms with E-state index in [4.69, 9.17) is 0 Å². The van der Waals surface area contributed by atoms with Crippen LogP contribution in [0.15, 0.2) is 0 Å². The predicted octanol–water partition coefficient (Wildman–Crippen LogP) is 1.17. The molecule has 1 N–H and O–H groups in total. The van der Waals surface area contributed by atoms with Gasteiger partial charge in [0.15, 0.2) is 0 Å². The Morgan fingerprint density at radius 3 is 2.31 bits per heavy atom. The maximum Gasteiger partial charge on any atom is 0.0555 e. The van der Waals surface area contributed by atoms with Gasteiger partial charge >= 0.3 is 0 Å². The molecule has 0 spiro atoms. The molecule has 2 unspecified atom stereocenters. The number of rotatable bonds is 3. The van der Waals surface area contributed by atoms with Crippen LogP contribution >= 0.6 is 0 Å². The largest absolute Gasteiger partial charge is 0.393 e. The van der Waals surface area contributed by atoms with Crippen molar-refractivity contribution in [2.24, 2.45) is 5.92 Å². The van der Waals surface area contributed by atoms with Crippen LogP contribution in [-0.2, 0) is 0 Å². The van der Waals surface area contributed by atoms with E-state index in [1.54, 1.807) is 0 Å². The van der Waals surface area contributed by atoms with Crippen LogP contribution in [0, 0.1) is 5.92 Å². The van der Waals surface area contributed by atoms with Crippen LogP contribution in [0.25, 0.3) is 0 Å². The summed E-state index contributed by atoms with van der Waals surface area (Å²) in [5.41, 5.74) is 0. The van der Waals surface area contributed by atoms with E-state index >= 15 is 0 Å². The van der Waals surface area contributed by atoms with Gasteiger partial charge in [-0.15, -0.1) is 0 Å². The number of aliphatic hydroxyl groups is 1. The summed E-state index contributed by atoms with van der Waals surface area (Å²) in [5, 5.41) is 9.56. The average molecular weight is 226 g/mol. The number of piperazine rings is 1. The van der Waals surface area contributed by atoms with Gasteiger partial charge in [-0.3, -0.25) is 4.90 Å². The molecular weight excluding hydrogens is 200 g/mol. The first kappa shape index (κ1) is 12.3. The SMILES string of the molecule is CC(C)CN1CCN(C2CCC(O)C2)CC1. The van der Waals surface area contributed by atoms with Crippen molar-refractivity contribution < 1.29 is 5.11 Å². The first-order valence-electron chi connectivity index (χ1n) is 6.79. The van der Waals surface area contributed by atoms with Crippen LogP contribution in [0.2, 0.25) is 0 Å². The zero-order valence-corrected chi connectivity index (χ0v) is 10.7. The summed E-state index contributed by atoms with van der Waals surface area (Å²) in [6, 6.07) is 0.663. The Morgan fingerprint density at radius 2 is 1.81 bits per heavy atom. The first-order chi connectivity index (χ1) is 7.65. The molecule has 2 aliphatic rings. The molecule has 0 aromatic heterocycles. The first-order valence-corrected chi connectivity index (χ1v) is 6.79. The summed E-state index contributed by atoms with van der Waals surface area (Å²) in [6.07, 6.45) is 3.19. The molecule has 0 radical (unpaired) electrons. The molecule has 1 aliphatic heterocycles.